The number of fused-ring (bicyclic) bond motifs is 1. The SMILES string of the molecule is COc1ccccc1NC(=O)Cn1cc(C(=O)C(N)=O)c2ccccc21. The number of nitrogens with zero attached hydrogens (tertiary/aromatic N) is 1. The number of methoxy groups -OCH3 is 1. The van der Waals surface area contributed by atoms with E-state index in [0.29, 0.717) is 22.3 Å². The highest BCUT2D eigenvalue weighted by molar-refractivity contribution is 6.44. The van der Waals surface area contributed by atoms with Crippen LogP contribution in [0.3, 0.4) is 0 Å². The highest BCUT2D eigenvalue weighted by Gasteiger charge is 2.20. The van der Waals surface area contributed by atoms with Crippen LogP contribution in [-0.4, -0.2) is 29.3 Å². The molecule has 1 aromatic heterocycles. The summed E-state index contributed by atoms with van der Waals surface area (Å²) < 4.78 is 6.82. The molecule has 0 aliphatic carbocycles. The number of carbonyl (C=O) groups is 3. The minimum absolute atomic E-state index is 0.0371. The first-order chi connectivity index (χ1) is 12.5. The number of ketones is 1. The Kier molecular flexibility index (Phi) is 4.70. The molecule has 2 aromatic carbocycles. The molecule has 7 heteroatoms. The van der Waals surface area contributed by atoms with Crippen LogP contribution in [0.4, 0.5) is 5.69 Å². The predicted octanol–water partition coefficient (Wildman–Crippen LogP) is 1.96. The number of nitrogens with one attached hydrogen (secondary N) is 1. The summed E-state index contributed by atoms with van der Waals surface area (Å²) in [4.78, 5) is 35.7. The molecule has 0 saturated carbocycles. The Morgan fingerprint density at radius 1 is 1.08 bits per heavy atom. The van der Waals surface area contributed by atoms with Gasteiger partial charge in [0.2, 0.25) is 5.91 Å². The van der Waals surface area contributed by atoms with Crippen LogP contribution in [0.5, 0.6) is 5.75 Å². The molecule has 2 amide bonds. The Bertz CT molecular complexity index is 1010. The largest absolute Gasteiger partial charge is 0.495 e. The number of nitrogens with two attached hydrogens (primary N) is 1. The van der Waals surface area contributed by atoms with E-state index in [4.69, 9.17) is 10.5 Å². The third kappa shape index (κ3) is 3.27. The maximum Gasteiger partial charge on any atom is 0.289 e. The minimum atomic E-state index is -1.04. The molecule has 3 N–H and O–H groups in total. The van der Waals surface area contributed by atoms with Gasteiger partial charge in [-0.3, -0.25) is 14.4 Å². The number of aromatic nitrogens is 1. The lowest BCUT2D eigenvalue weighted by atomic mass is 10.1. The number of primary amides is 1. The monoisotopic (exact) mass is 351 g/mol. The standard InChI is InChI=1S/C19H17N3O4/c1-26-16-9-5-3-7-14(16)21-17(23)11-22-10-13(18(24)19(20)25)12-6-2-4-8-15(12)22/h2-10H,11H2,1H3,(H2,20,25)(H,21,23). The van der Waals surface area contributed by atoms with Gasteiger partial charge in [-0.25, -0.2) is 0 Å². The number of hydrogen-bond donors (Lipinski definition) is 2. The lowest BCUT2D eigenvalue weighted by Gasteiger charge is -2.10. The Hall–Kier alpha value is -3.61. The summed E-state index contributed by atoms with van der Waals surface area (Å²) in [7, 11) is 1.52. The van der Waals surface area contributed by atoms with E-state index in [9.17, 15) is 14.4 Å². The maximum absolute atomic E-state index is 12.4. The van der Waals surface area contributed by atoms with Crippen molar-refractivity contribution in [3.05, 3.63) is 60.3 Å². The summed E-state index contributed by atoms with van der Waals surface area (Å²) in [5.41, 5.74) is 6.50. The van der Waals surface area contributed by atoms with Gasteiger partial charge in [-0.2, -0.15) is 0 Å². The Balaban J connectivity index is 1.90. The number of hydrogen-bond acceptors (Lipinski definition) is 4. The third-order valence-corrected chi connectivity index (χ3v) is 3.95. The first-order valence-corrected chi connectivity index (χ1v) is 7.86. The van der Waals surface area contributed by atoms with Gasteiger partial charge in [0.1, 0.15) is 12.3 Å². The molecule has 7 nitrogen and oxygen atoms in total. The quantitative estimate of drug-likeness (QED) is 0.523. The lowest BCUT2D eigenvalue weighted by molar-refractivity contribution is -0.116. The van der Waals surface area contributed by atoms with Crippen molar-refractivity contribution < 1.29 is 19.1 Å². The molecule has 0 unspecified atom stereocenters. The zero-order valence-electron chi connectivity index (χ0n) is 14.1. The lowest BCUT2D eigenvalue weighted by Crippen LogP contribution is -2.23. The van der Waals surface area contributed by atoms with Crippen molar-refractivity contribution in [2.45, 2.75) is 6.54 Å². The van der Waals surface area contributed by atoms with E-state index in [0.717, 1.165) is 0 Å². The third-order valence-electron chi connectivity index (χ3n) is 3.95. The van der Waals surface area contributed by atoms with Gasteiger partial charge in [0.25, 0.3) is 11.7 Å². The van der Waals surface area contributed by atoms with Gasteiger partial charge in [0.15, 0.2) is 0 Å². The molecule has 0 fully saturated rings. The van der Waals surface area contributed by atoms with Crippen LogP contribution in [0.15, 0.2) is 54.7 Å². The maximum atomic E-state index is 12.4. The van der Waals surface area contributed by atoms with Crippen LogP contribution in [0.2, 0.25) is 0 Å². The van der Waals surface area contributed by atoms with Gasteiger partial charge in [-0.1, -0.05) is 30.3 Å². The molecule has 0 aliphatic rings. The van der Waals surface area contributed by atoms with Crippen molar-refractivity contribution in [2.24, 2.45) is 5.73 Å². The Labute approximate surface area is 149 Å². The summed E-state index contributed by atoms with van der Waals surface area (Å²) in [6.45, 7) is -0.0371. The van der Waals surface area contributed by atoms with Crippen molar-refractivity contribution in [2.75, 3.05) is 12.4 Å². The van der Waals surface area contributed by atoms with Crippen LogP contribution in [-0.2, 0) is 16.1 Å². The molecule has 0 radical (unpaired) electrons. The number of ether oxygens (including phenoxy) is 1. The zero-order valence-corrected chi connectivity index (χ0v) is 14.1. The summed E-state index contributed by atoms with van der Waals surface area (Å²) in [5.74, 6) is -1.58. The van der Waals surface area contributed by atoms with Gasteiger partial charge in [-0.05, 0) is 18.2 Å². The number of carbonyl (C=O) groups excluding carboxylic acids is 3. The van der Waals surface area contributed by atoms with Crippen LogP contribution in [0, 0.1) is 0 Å². The zero-order chi connectivity index (χ0) is 18.7. The van der Waals surface area contributed by atoms with E-state index in [1.807, 2.05) is 0 Å². The van der Waals surface area contributed by atoms with E-state index in [1.165, 1.54) is 13.3 Å². The van der Waals surface area contributed by atoms with Crippen molar-refractivity contribution in [1.29, 1.82) is 0 Å². The topological polar surface area (TPSA) is 103 Å². The molecule has 3 rings (SSSR count). The predicted molar refractivity (Wildman–Crippen MR) is 97.1 cm³/mol. The smallest absolute Gasteiger partial charge is 0.289 e. The van der Waals surface area contributed by atoms with Crippen LogP contribution in [0.1, 0.15) is 10.4 Å². The van der Waals surface area contributed by atoms with E-state index >= 15 is 0 Å². The first kappa shape index (κ1) is 17.2. The average molecular weight is 351 g/mol. The molecule has 0 spiro atoms. The number of amides is 2. The Morgan fingerprint density at radius 3 is 2.50 bits per heavy atom. The van der Waals surface area contributed by atoms with Gasteiger partial charge in [0, 0.05) is 17.1 Å². The molecule has 0 aliphatic heterocycles. The van der Waals surface area contributed by atoms with E-state index < -0.39 is 11.7 Å². The number of benzene rings is 2. The summed E-state index contributed by atoms with van der Waals surface area (Å²) in [6.07, 6.45) is 1.47. The Morgan fingerprint density at radius 2 is 1.77 bits per heavy atom. The number of rotatable bonds is 6. The van der Waals surface area contributed by atoms with Gasteiger partial charge in [0.05, 0.1) is 18.4 Å². The van der Waals surface area contributed by atoms with Gasteiger partial charge < -0.3 is 20.4 Å². The summed E-state index contributed by atoms with van der Waals surface area (Å²) >= 11 is 0. The second-order valence-corrected chi connectivity index (χ2v) is 5.63. The molecule has 26 heavy (non-hydrogen) atoms. The summed E-state index contributed by atoms with van der Waals surface area (Å²) in [6, 6.07) is 14.1. The normalized spacial score (nSPS) is 10.5. The minimum Gasteiger partial charge on any atom is -0.495 e. The number of para-hydroxylation sites is 3. The molecule has 3 aromatic rings. The molecule has 0 atom stereocenters. The number of anilines is 1. The molecular formula is C19H17N3O4. The fraction of sp³-hybridized carbons (Fsp3) is 0.105. The molecule has 0 bridgehead atoms. The van der Waals surface area contributed by atoms with Gasteiger partial charge in [-0.15, -0.1) is 0 Å². The number of Topliss-reactive ketones (excluding diaryl/α,β-unsaturated/α-hetero) is 1. The fourth-order valence-electron chi connectivity index (χ4n) is 2.78. The fourth-order valence-corrected chi connectivity index (χ4v) is 2.78. The van der Waals surface area contributed by atoms with Crippen molar-refractivity contribution in [3.8, 4) is 5.75 Å². The molecule has 132 valence electrons. The molecular weight excluding hydrogens is 334 g/mol. The van der Waals surface area contributed by atoms with E-state index in [1.54, 1.807) is 53.1 Å². The highest BCUT2D eigenvalue weighted by atomic mass is 16.5. The molecule has 0 saturated heterocycles. The second kappa shape index (κ2) is 7.10. The van der Waals surface area contributed by atoms with Gasteiger partial charge >= 0.3 is 0 Å². The van der Waals surface area contributed by atoms with Crippen LogP contribution >= 0.6 is 0 Å². The van der Waals surface area contributed by atoms with Crippen molar-refractivity contribution in [3.63, 3.8) is 0 Å². The van der Waals surface area contributed by atoms with E-state index in [2.05, 4.69) is 5.32 Å². The van der Waals surface area contributed by atoms with E-state index in [-0.39, 0.29) is 18.0 Å². The second-order valence-electron chi connectivity index (χ2n) is 5.63. The molecule has 1 heterocycles. The van der Waals surface area contributed by atoms with Crippen molar-refractivity contribution >= 4 is 34.2 Å². The first-order valence-electron chi connectivity index (χ1n) is 7.86. The van der Waals surface area contributed by atoms with Crippen LogP contribution in [0.25, 0.3) is 10.9 Å². The van der Waals surface area contributed by atoms with Crippen molar-refractivity contribution in [1.82, 2.24) is 4.57 Å². The highest BCUT2D eigenvalue weighted by Crippen LogP contribution is 2.24. The van der Waals surface area contributed by atoms with Crippen LogP contribution < -0.4 is 15.8 Å². The summed E-state index contributed by atoms with van der Waals surface area (Å²) in [5, 5.41) is 3.35. The average Bonchev–Trinajstić information content (AvgIpc) is 3.00.